The molecule has 3 aromatic carbocycles. The third-order valence-corrected chi connectivity index (χ3v) is 14.8. The summed E-state index contributed by atoms with van der Waals surface area (Å²) in [5.74, 6) is 3.01. The number of rotatable bonds is 6. The lowest BCUT2D eigenvalue weighted by molar-refractivity contribution is -0.132. The van der Waals surface area contributed by atoms with Crippen molar-refractivity contribution in [3.8, 4) is 5.75 Å². The van der Waals surface area contributed by atoms with Gasteiger partial charge in [-0.15, -0.1) is 0 Å². The van der Waals surface area contributed by atoms with Crippen LogP contribution in [0.25, 0.3) is 0 Å². The van der Waals surface area contributed by atoms with E-state index in [4.69, 9.17) is 21.3 Å². The molecule has 3 amide bonds. The average Bonchev–Trinajstić information content (AvgIpc) is 3.85. The second-order valence-corrected chi connectivity index (χ2v) is 18.6. The van der Waals surface area contributed by atoms with Crippen molar-refractivity contribution in [1.29, 1.82) is 0 Å². The van der Waals surface area contributed by atoms with Gasteiger partial charge in [-0.25, -0.2) is 0 Å². The maximum atomic E-state index is 12.2. The second kappa shape index (κ2) is 15.8. The summed E-state index contributed by atoms with van der Waals surface area (Å²) < 4.78 is 6.28. The highest BCUT2D eigenvalue weighted by atomic mass is 35.5. The van der Waals surface area contributed by atoms with Crippen LogP contribution in [0.2, 0.25) is 5.02 Å². The van der Waals surface area contributed by atoms with E-state index in [1.165, 1.54) is 48.9 Å². The third-order valence-electron chi connectivity index (χ3n) is 14.4. The van der Waals surface area contributed by atoms with E-state index < -0.39 is 0 Å². The van der Waals surface area contributed by atoms with Crippen molar-refractivity contribution >= 4 is 52.8 Å². The zero-order valence-electron chi connectivity index (χ0n) is 34.4. The summed E-state index contributed by atoms with van der Waals surface area (Å²) in [6, 6.07) is 17.5. The number of nitrogens with one attached hydrogen (secondary N) is 2. The number of likely N-dealkylation sites (tertiary alicyclic amines) is 2. The number of piperidine rings is 3. The number of amides is 3. The molecule has 0 aromatic heterocycles. The number of nitrogens with zero attached hydrogens (tertiary/aromatic N) is 4. The van der Waals surface area contributed by atoms with Gasteiger partial charge in [0.2, 0.25) is 11.8 Å². The summed E-state index contributed by atoms with van der Waals surface area (Å²) in [7, 11) is 1.84. The van der Waals surface area contributed by atoms with E-state index in [0.717, 1.165) is 98.0 Å². The molecule has 0 radical (unpaired) electrons. The molecule has 12 heteroatoms. The molecule has 7 aliphatic rings. The van der Waals surface area contributed by atoms with Gasteiger partial charge in [-0.3, -0.25) is 34.4 Å². The molecule has 1 aliphatic carbocycles. The number of fused-ring (bicyclic) bond motifs is 5. The van der Waals surface area contributed by atoms with Crippen LogP contribution in [0.5, 0.6) is 5.75 Å². The van der Waals surface area contributed by atoms with Crippen molar-refractivity contribution in [2.45, 2.75) is 101 Å². The number of hydrogen-bond donors (Lipinski definition) is 2. The number of imide groups is 1. The lowest BCUT2D eigenvalue weighted by Crippen LogP contribution is -2.52. The Balaban J connectivity index is 0.000000505. The van der Waals surface area contributed by atoms with E-state index in [0.29, 0.717) is 42.3 Å². The summed E-state index contributed by atoms with van der Waals surface area (Å²) >= 11 is 6.46. The first-order chi connectivity index (χ1) is 28.5. The van der Waals surface area contributed by atoms with Crippen LogP contribution in [0.15, 0.2) is 53.5 Å². The molecule has 4 fully saturated rings. The van der Waals surface area contributed by atoms with Crippen LogP contribution >= 0.6 is 11.6 Å². The monoisotopic (exact) mass is 818 g/mol. The van der Waals surface area contributed by atoms with Gasteiger partial charge in [0.05, 0.1) is 28.6 Å². The Morgan fingerprint density at radius 2 is 1.68 bits per heavy atom. The van der Waals surface area contributed by atoms with Gasteiger partial charge in [0.1, 0.15) is 11.6 Å². The lowest BCUT2D eigenvalue weighted by Gasteiger charge is -2.48. The van der Waals surface area contributed by atoms with Gasteiger partial charge >= 0.3 is 0 Å². The summed E-state index contributed by atoms with van der Waals surface area (Å²) in [5.41, 5.74) is 8.02. The van der Waals surface area contributed by atoms with E-state index >= 15 is 0 Å². The number of ether oxygens (including phenoxy) is 1. The summed E-state index contributed by atoms with van der Waals surface area (Å²) in [6.07, 6.45) is 9.86. The molecule has 59 heavy (non-hydrogen) atoms. The molecule has 10 rings (SSSR count). The maximum Gasteiger partial charge on any atom is 0.252 e. The van der Waals surface area contributed by atoms with Crippen LogP contribution in [-0.4, -0.2) is 92.1 Å². The minimum atomic E-state index is -0.298. The number of benzene rings is 3. The van der Waals surface area contributed by atoms with Crippen molar-refractivity contribution < 1.29 is 23.9 Å². The van der Waals surface area contributed by atoms with Gasteiger partial charge in [0.15, 0.2) is 6.29 Å². The average molecular weight is 819 g/mol. The number of carbonyl (C=O) groups excluding carboxylic acids is 4. The summed E-state index contributed by atoms with van der Waals surface area (Å²) in [5, 5.41) is 5.62. The molecular weight excluding hydrogens is 764 g/mol. The molecule has 3 aromatic rings. The number of aliphatic imine (C=N–C) groups is 1. The predicted molar refractivity (Wildman–Crippen MR) is 229 cm³/mol. The van der Waals surface area contributed by atoms with E-state index in [1.54, 1.807) is 6.07 Å². The second-order valence-electron chi connectivity index (χ2n) is 18.2. The number of carbonyl (C=O) groups is 4. The molecular formula is C47H55ClN6O5. The standard InChI is InChI=1S/C42H48ClN5O3.C5H7NO2/c1-41(2)34-21-28(7-10-37(34)48(40(41)44-3)36-6-4-5-35(43)32(36)24-49)27-11-15-47(16-12-27)29-19-26(20-29)23-46-17-13-42(14-18-46)25-51-38-31-22-45-39(50)30(31)8-9-33(38)42;7-4-2-1-3-5(8)6-4/h4-10,21,24,26-27,29H,11-20,22-23,25H2,1-3H3,(H,45,50);1-3H2,(H,6,7,8). The van der Waals surface area contributed by atoms with Crippen LogP contribution in [0.1, 0.15) is 121 Å². The van der Waals surface area contributed by atoms with Crippen molar-refractivity contribution in [2.75, 3.05) is 51.3 Å². The Morgan fingerprint density at radius 3 is 2.36 bits per heavy atom. The highest BCUT2D eigenvalue weighted by Crippen LogP contribution is 2.50. The number of halogens is 1. The first-order valence-corrected chi connectivity index (χ1v) is 21.9. The smallest absolute Gasteiger partial charge is 0.252 e. The number of hydrogen-bond acceptors (Lipinski definition) is 8. The Bertz CT molecular complexity index is 2200. The maximum absolute atomic E-state index is 12.2. The fourth-order valence-corrected chi connectivity index (χ4v) is 11.2. The lowest BCUT2D eigenvalue weighted by atomic mass is 9.73. The molecule has 6 heterocycles. The van der Waals surface area contributed by atoms with Crippen molar-refractivity contribution in [3.63, 3.8) is 0 Å². The van der Waals surface area contributed by atoms with Crippen LogP contribution < -0.4 is 20.3 Å². The van der Waals surface area contributed by atoms with E-state index in [1.807, 2.05) is 25.2 Å². The minimum Gasteiger partial charge on any atom is -0.492 e. The molecule has 1 saturated carbocycles. The summed E-state index contributed by atoms with van der Waals surface area (Å²) in [4.78, 5) is 57.3. The molecule has 6 aliphatic heterocycles. The quantitative estimate of drug-likeness (QED) is 0.201. The van der Waals surface area contributed by atoms with Gasteiger partial charge in [0.25, 0.3) is 5.91 Å². The van der Waals surface area contributed by atoms with Gasteiger partial charge in [-0.2, -0.15) is 0 Å². The van der Waals surface area contributed by atoms with Gasteiger partial charge in [-0.05, 0) is 132 Å². The number of anilines is 2. The van der Waals surface area contributed by atoms with Gasteiger partial charge < -0.3 is 19.9 Å². The SMILES string of the molecule is CN=C1N(c2cccc(Cl)c2C=O)c2ccc(C3CCN(C4CC(CN5CCC6(CC5)COc5c6ccc6c5CNC6=O)C4)CC3)cc2C1(C)C.O=C1CCCC(=O)N1. The zero-order chi connectivity index (χ0) is 41.1. The van der Waals surface area contributed by atoms with Crippen molar-refractivity contribution in [1.82, 2.24) is 20.4 Å². The Labute approximate surface area is 351 Å². The highest BCUT2D eigenvalue weighted by Gasteiger charge is 2.47. The van der Waals surface area contributed by atoms with Crippen LogP contribution in [0, 0.1) is 5.92 Å². The number of aldehydes is 1. The molecule has 310 valence electrons. The third kappa shape index (κ3) is 7.16. The van der Waals surface area contributed by atoms with Gasteiger partial charge in [-0.1, -0.05) is 35.9 Å². The molecule has 1 spiro atoms. The van der Waals surface area contributed by atoms with Crippen molar-refractivity contribution in [3.05, 3.63) is 86.9 Å². The van der Waals surface area contributed by atoms with E-state index in [-0.39, 0.29) is 28.6 Å². The van der Waals surface area contributed by atoms with Crippen LogP contribution in [-0.2, 0) is 27.0 Å². The minimum absolute atomic E-state index is 0.0268. The molecule has 3 saturated heterocycles. The molecule has 0 bridgehead atoms. The number of amidine groups is 1. The van der Waals surface area contributed by atoms with Crippen molar-refractivity contribution in [2.24, 2.45) is 10.9 Å². The molecule has 0 atom stereocenters. The largest absolute Gasteiger partial charge is 0.492 e. The Hall–Kier alpha value is -4.58. The Morgan fingerprint density at radius 1 is 0.932 bits per heavy atom. The summed E-state index contributed by atoms with van der Waals surface area (Å²) in [6.45, 7) is 11.6. The van der Waals surface area contributed by atoms with E-state index in [2.05, 4.69) is 63.4 Å². The zero-order valence-corrected chi connectivity index (χ0v) is 35.2. The molecule has 0 unspecified atom stereocenters. The van der Waals surface area contributed by atoms with E-state index in [9.17, 15) is 19.2 Å². The topological polar surface area (TPSA) is 124 Å². The predicted octanol–water partition coefficient (Wildman–Crippen LogP) is 7.05. The normalized spacial score (nSPS) is 25.3. The van der Waals surface area contributed by atoms with Gasteiger partial charge in [0, 0.05) is 66.5 Å². The molecule has 11 nitrogen and oxygen atoms in total. The fraction of sp³-hybridized carbons (Fsp3) is 0.511. The van der Waals surface area contributed by atoms with Crippen LogP contribution in [0.3, 0.4) is 0 Å². The first-order valence-electron chi connectivity index (χ1n) is 21.5. The Kier molecular flexibility index (Phi) is 10.7. The fourth-order valence-electron chi connectivity index (χ4n) is 11.0. The van der Waals surface area contributed by atoms with Crippen LogP contribution in [0.4, 0.5) is 11.4 Å². The highest BCUT2D eigenvalue weighted by molar-refractivity contribution is 6.34. The molecule has 2 N–H and O–H groups in total. The first kappa shape index (κ1) is 39.9.